The monoisotopic (exact) mass is 360 g/mol. The number of alkyl halides is 3. The van der Waals surface area contributed by atoms with Crippen molar-refractivity contribution in [2.75, 3.05) is 0 Å². The summed E-state index contributed by atoms with van der Waals surface area (Å²) in [5.41, 5.74) is 1.31. The number of rotatable bonds is 4. The van der Waals surface area contributed by atoms with Crippen molar-refractivity contribution in [1.29, 1.82) is 0 Å². The fraction of sp³-hybridized carbons (Fsp3) is 0.167. The molecule has 26 heavy (non-hydrogen) atoms. The lowest BCUT2D eigenvalue weighted by Gasteiger charge is -2.10. The van der Waals surface area contributed by atoms with Gasteiger partial charge in [-0.25, -0.2) is 9.97 Å². The summed E-state index contributed by atoms with van der Waals surface area (Å²) in [6, 6.07) is 4.75. The van der Waals surface area contributed by atoms with Gasteiger partial charge in [-0.05, 0) is 25.1 Å². The molecule has 0 saturated carbocycles. The van der Waals surface area contributed by atoms with Crippen LogP contribution >= 0.6 is 0 Å². The minimum Gasteiger partial charge on any atom is -0.347 e. The van der Waals surface area contributed by atoms with Gasteiger partial charge < -0.3 is 9.72 Å². The van der Waals surface area contributed by atoms with Gasteiger partial charge in [0, 0.05) is 24.2 Å². The minimum atomic E-state index is -4.40. The van der Waals surface area contributed by atoms with Crippen molar-refractivity contribution in [3.05, 3.63) is 66.3 Å². The molecule has 134 valence electrons. The molecular weight excluding hydrogens is 345 g/mol. The topological polar surface area (TPSA) is 59.3 Å². The molecule has 0 unspecified atom stereocenters. The van der Waals surface area contributed by atoms with Gasteiger partial charge in [0.2, 0.25) is 5.91 Å². The van der Waals surface area contributed by atoms with E-state index in [-0.39, 0.29) is 12.5 Å². The lowest BCUT2D eigenvalue weighted by molar-refractivity contribution is -0.137. The van der Waals surface area contributed by atoms with Gasteiger partial charge in [-0.1, -0.05) is 18.2 Å². The number of hydrogen-bond acceptors (Lipinski definition) is 3. The van der Waals surface area contributed by atoms with Gasteiger partial charge in [-0.15, -0.1) is 0 Å². The molecule has 0 radical (unpaired) electrons. The number of carbonyl (C=O) groups excluding carboxylic acids is 1. The van der Waals surface area contributed by atoms with Gasteiger partial charge in [-0.2, -0.15) is 13.2 Å². The van der Waals surface area contributed by atoms with Crippen LogP contribution < -0.4 is 5.32 Å². The maximum Gasteiger partial charge on any atom is 0.416 e. The first-order chi connectivity index (χ1) is 12.4. The highest BCUT2D eigenvalue weighted by Gasteiger charge is 2.30. The average Bonchev–Trinajstić information content (AvgIpc) is 3.07. The van der Waals surface area contributed by atoms with E-state index in [0.717, 1.165) is 12.1 Å². The Labute approximate surface area is 147 Å². The number of aromatic nitrogens is 3. The molecule has 1 amide bonds. The van der Waals surface area contributed by atoms with E-state index >= 15 is 0 Å². The van der Waals surface area contributed by atoms with E-state index in [9.17, 15) is 18.0 Å². The lowest BCUT2D eigenvalue weighted by atomic mass is 10.1. The Kier molecular flexibility index (Phi) is 4.75. The first-order valence-electron chi connectivity index (χ1n) is 7.79. The molecule has 0 aliphatic rings. The second-order valence-electron chi connectivity index (χ2n) is 5.53. The first-order valence-corrected chi connectivity index (χ1v) is 7.79. The molecule has 0 fully saturated rings. The van der Waals surface area contributed by atoms with E-state index in [1.165, 1.54) is 18.2 Å². The second kappa shape index (κ2) is 6.99. The van der Waals surface area contributed by atoms with Gasteiger partial charge in [0.1, 0.15) is 5.69 Å². The Bertz CT molecular complexity index is 959. The van der Waals surface area contributed by atoms with Crippen molar-refractivity contribution >= 4 is 11.6 Å². The third-order valence-electron chi connectivity index (χ3n) is 3.67. The van der Waals surface area contributed by atoms with Crippen molar-refractivity contribution in [1.82, 2.24) is 19.7 Å². The van der Waals surface area contributed by atoms with Gasteiger partial charge in [0.15, 0.2) is 5.65 Å². The maximum absolute atomic E-state index is 12.8. The number of nitrogens with zero attached hydrogens (tertiary/aromatic N) is 3. The van der Waals surface area contributed by atoms with E-state index in [1.54, 1.807) is 36.0 Å². The molecule has 1 N–H and O–H groups in total. The van der Waals surface area contributed by atoms with Gasteiger partial charge in [0.25, 0.3) is 0 Å². The van der Waals surface area contributed by atoms with Crippen LogP contribution in [0.3, 0.4) is 0 Å². The first kappa shape index (κ1) is 17.7. The van der Waals surface area contributed by atoms with Crippen LogP contribution in [0, 0.1) is 0 Å². The third kappa shape index (κ3) is 3.74. The molecule has 3 rings (SSSR count). The van der Waals surface area contributed by atoms with E-state index < -0.39 is 11.7 Å². The number of imidazole rings is 1. The van der Waals surface area contributed by atoms with Gasteiger partial charge in [0.05, 0.1) is 17.8 Å². The predicted molar refractivity (Wildman–Crippen MR) is 90.1 cm³/mol. The molecule has 8 heteroatoms. The van der Waals surface area contributed by atoms with Crippen LogP contribution in [0.2, 0.25) is 0 Å². The summed E-state index contributed by atoms with van der Waals surface area (Å²) in [4.78, 5) is 20.2. The molecule has 0 bridgehead atoms. The quantitative estimate of drug-likeness (QED) is 0.723. The molecule has 1 aromatic carbocycles. The molecular formula is C18H15F3N4O. The summed E-state index contributed by atoms with van der Waals surface area (Å²) in [5, 5.41) is 2.69. The van der Waals surface area contributed by atoms with Crippen LogP contribution in [0.15, 0.2) is 55.0 Å². The fourth-order valence-electron chi connectivity index (χ4n) is 2.47. The fourth-order valence-corrected chi connectivity index (χ4v) is 2.47. The number of allylic oxidation sites excluding steroid dienone is 1. The average molecular weight is 360 g/mol. The number of amides is 1. The summed E-state index contributed by atoms with van der Waals surface area (Å²) in [6.07, 6.45) is 3.62. The third-order valence-corrected chi connectivity index (χ3v) is 3.67. The van der Waals surface area contributed by atoms with Crippen molar-refractivity contribution in [3.8, 4) is 11.3 Å². The van der Waals surface area contributed by atoms with Crippen molar-refractivity contribution in [2.45, 2.75) is 19.6 Å². The van der Waals surface area contributed by atoms with Crippen LogP contribution in [0.5, 0.6) is 0 Å². The zero-order valence-corrected chi connectivity index (χ0v) is 13.8. The summed E-state index contributed by atoms with van der Waals surface area (Å²) >= 11 is 0. The Morgan fingerprint density at radius 2 is 2.00 bits per heavy atom. The summed E-state index contributed by atoms with van der Waals surface area (Å²) in [5.74, 6) is -0.254. The summed E-state index contributed by atoms with van der Waals surface area (Å²) < 4.78 is 40.0. The molecule has 0 saturated heterocycles. The summed E-state index contributed by atoms with van der Waals surface area (Å²) in [6.45, 7) is 1.92. The van der Waals surface area contributed by atoms with Crippen LogP contribution in [0.1, 0.15) is 18.2 Å². The Morgan fingerprint density at radius 1 is 1.27 bits per heavy atom. The number of hydrogen-bond donors (Lipinski definition) is 1. The number of fused-ring (bicyclic) bond motifs is 1. The Balaban J connectivity index is 1.96. The second-order valence-corrected chi connectivity index (χ2v) is 5.53. The van der Waals surface area contributed by atoms with Crippen LogP contribution in [0.4, 0.5) is 13.2 Å². The zero-order chi connectivity index (χ0) is 18.7. The highest BCUT2D eigenvalue weighted by Crippen LogP contribution is 2.31. The predicted octanol–water partition coefficient (Wildman–Crippen LogP) is 3.61. The van der Waals surface area contributed by atoms with E-state index in [1.807, 2.05) is 0 Å². The molecule has 5 nitrogen and oxygen atoms in total. The minimum absolute atomic E-state index is 0.185. The largest absolute Gasteiger partial charge is 0.416 e. The molecule has 2 aromatic heterocycles. The maximum atomic E-state index is 12.8. The SMILES string of the molecule is CC=CC(=O)NCc1cn2ccnc2c(-c2ccc(C(F)(F)F)cc2)n1. The Hall–Kier alpha value is -3.16. The molecule has 0 atom stereocenters. The van der Waals surface area contributed by atoms with E-state index in [4.69, 9.17) is 0 Å². The number of halogens is 3. The van der Waals surface area contributed by atoms with Crippen LogP contribution in [0.25, 0.3) is 16.9 Å². The molecule has 0 aliphatic heterocycles. The lowest BCUT2D eigenvalue weighted by Crippen LogP contribution is -2.21. The van der Waals surface area contributed by atoms with Crippen LogP contribution in [-0.4, -0.2) is 20.3 Å². The normalized spacial score (nSPS) is 12.0. The van der Waals surface area contributed by atoms with Gasteiger partial charge >= 0.3 is 6.18 Å². The molecule has 2 heterocycles. The van der Waals surface area contributed by atoms with Crippen molar-refractivity contribution in [2.24, 2.45) is 0 Å². The van der Waals surface area contributed by atoms with Crippen LogP contribution in [-0.2, 0) is 17.5 Å². The molecule has 0 aliphatic carbocycles. The molecule has 0 spiro atoms. The highest BCUT2D eigenvalue weighted by atomic mass is 19.4. The number of benzene rings is 1. The van der Waals surface area contributed by atoms with E-state index in [2.05, 4.69) is 15.3 Å². The van der Waals surface area contributed by atoms with Gasteiger partial charge in [-0.3, -0.25) is 4.79 Å². The Morgan fingerprint density at radius 3 is 2.65 bits per heavy atom. The standard InChI is InChI=1S/C18H15F3N4O/c1-2-3-15(26)23-10-14-11-25-9-8-22-17(25)16(24-14)12-4-6-13(7-5-12)18(19,20)21/h2-9,11H,10H2,1H3,(H,23,26). The van der Waals surface area contributed by atoms with E-state index in [0.29, 0.717) is 22.6 Å². The summed E-state index contributed by atoms with van der Waals surface area (Å²) in [7, 11) is 0. The zero-order valence-electron chi connectivity index (χ0n) is 13.8. The number of nitrogens with one attached hydrogen (secondary N) is 1. The van der Waals surface area contributed by atoms with Crippen molar-refractivity contribution in [3.63, 3.8) is 0 Å². The van der Waals surface area contributed by atoms with Crippen molar-refractivity contribution < 1.29 is 18.0 Å². The molecule has 3 aromatic rings. The highest BCUT2D eigenvalue weighted by molar-refractivity contribution is 5.87. The smallest absolute Gasteiger partial charge is 0.347 e. The number of carbonyl (C=O) groups is 1.